The second kappa shape index (κ2) is 9.22. The molecule has 2 heterocycles. The number of carbonyl (C=O) groups excluding carboxylic acids is 1. The van der Waals surface area contributed by atoms with Gasteiger partial charge in [-0.3, -0.25) is 9.78 Å². The zero-order valence-electron chi connectivity index (χ0n) is 15.1. The Labute approximate surface area is 174 Å². The van der Waals surface area contributed by atoms with Crippen LogP contribution in [0.1, 0.15) is 18.4 Å². The minimum Gasteiger partial charge on any atom is -0.356 e. The fourth-order valence-corrected chi connectivity index (χ4v) is 5.06. The van der Waals surface area contributed by atoms with Gasteiger partial charge in [-0.05, 0) is 43.0 Å². The standard InChI is InChI=1S/C19H21Cl2N3O3S/c20-17-5-1-3-14(18(17)21)6-10-23-19(25)15-7-11-24(12-8-15)28(26,27)16-4-2-9-22-13-16/h1-5,9,13,15H,6-8,10-12H2,(H,23,25). The van der Waals surface area contributed by atoms with Crippen molar-refractivity contribution in [3.05, 3.63) is 58.3 Å². The van der Waals surface area contributed by atoms with Crippen molar-refractivity contribution in [3.8, 4) is 0 Å². The topological polar surface area (TPSA) is 79.4 Å². The van der Waals surface area contributed by atoms with E-state index in [1.165, 1.54) is 22.8 Å². The minimum atomic E-state index is -3.56. The monoisotopic (exact) mass is 441 g/mol. The number of rotatable bonds is 6. The number of aromatic nitrogens is 1. The molecular formula is C19H21Cl2N3O3S. The zero-order chi connectivity index (χ0) is 20.1. The van der Waals surface area contributed by atoms with Crippen molar-refractivity contribution in [2.45, 2.75) is 24.2 Å². The van der Waals surface area contributed by atoms with Crippen molar-refractivity contribution in [1.82, 2.24) is 14.6 Å². The van der Waals surface area contributed by atoms with Crippen molar-refractivity contribution in [2.75, 3.05) is 19.6 Å². The number of benzene rings is 1. The lowest BCUT2D eigenvalue weighted by molar-refractivity contribution is -0.126. The van der Waals surface area contributed by atoms with Gasteiger partial charge in [-0.1, -0.05) is 35.3 Å². The second-order valence-electron chi connectivity index (χ2n) is 6.62. The molecule has 1 N–H and O–H groups in total. The van der Waals surface area contributed by atoms with Crippen LogP contribution in [0.3, 0.4) is 0 Å². The van der Waals surface area contributed by atoms with Gasteiger partial charge in [-0.2, -0.15) is 4.31 Å². The molecule has 1 aliphatic heterocycles. The van der Waals surface area contributed by atoms with Crippen molar-refractivity contribution >= 4 is 39.1 Å². The molecule has 1 saturated heterocycles. The number of nitrogens with zero attached hydrogens (tertiary/aromatic N) is 2. The summed E-state index contributed by atoms with van der Waals surface area (Å²) in [5, 5.41) is 3.91. The van der Waals surface area contributed by atoms with Gasteiger partial charge in [0, 0.05) is 37.9 Å². The normalized spacial score (nSPS) is 16.1. The molecule has 0 atom stereocenters. The fourth-order valence-electron chi connectivity index (χ4n) is 3.21. The average Bonchev–Trinajstić information content (AvgIpc) is 2.72. The van der Waals surface area contributed by atoms with E-state index < -0.39 is 10.0 Å². The summed E-state index contributed by atoms with van der Waals surface area (Å²) in [6.45, 7) is 1.08. The smallest absolute Gasteiger partial charge is 0.244 e. The van der Waals surface area contributed by atoms with Crippen LogP contribution in [-0.2, 0) is 21.2 Å². The molecule has 9 heteroatoms. The molecule has 3 rings (SSSR count). The molecule has 1 aromatic carbocycles. The summed E-state index contributed by atoms with van der Waals surface area (Å²) in [4.78, 5) is 16.5. The van der Waals surface area contributed by atoms with Gasteiger partial charge in [-0.15, -0.1) is 0 Å². The summed E-state index contributed by atoms with van der Waals surface area (Å²) in [6.07, 6.45) is 4.44. The lowest BCUT2D eigenvalue weighted by Crippen LogP contribution is -2.43. The lowest BCUT2D eigenvalue weighted by Gasteiger charge is -2.30. The Bertz CT molecular complexity index is 931. The third kappa shape index (κ3) is 4.84. The van der Waals surface area contributed by atoms with Crippen LogP contribution in [0.25, 0.3) is 0 Å². The van der Waals surface area contributed by atoms with E-state index in [9.17, 15) is 13.2 Å². The van der Waals surface area contributed by atoms with Crippen molar-refractivity contribution < 1.29 is 13.2 Å². The SMILES string of the molecule is O=C(NCCc1cccc(Cl)c1Cl)C1CCN(S(=O)(=O)c2cccnc2)CC1. The van der Waals surface area contributed by atoms with Crippen LogP contribution in [0.5, 0.6) is 0 Å². The van der Waals surface area contributed by atoms with E-state index in [4.69, 9.17) is 23.2 Å². The van der Waals surface area contributed by atoms with Gasteiger partial charge in [0.25, 0.3) is 0 Å². The molecule has 1 amide bonds. The first-order chi connectivity index (χ1) is 13.4. The first-order valence-corrected chi connectivity index (χ1v) is 11.2. The van der Waals surface area contributed by atoms with Crippen LogP contribution in [0.4, 0.5) is 0 Å². The summed E-state index contributed by atoms with van der Waals surface area (Å²) in [7, 11) is -3.56. The first kappa shape index (κ1) is 21.0. The largest absolute Gasteiger partial charge is 0.356 e. The molecule has 6 nitrogen and oxygen atoms in total. The summed E-state index contributed by atoms with van der Waals surface area (Å²) >= 11 is 12.1. The van der Waals surface area contributed by atoms with Crippen LogP contribution in [-0.4, -0.2) is 43.2 Å². The molecule has 1 fully saturated rings. The zero-order valence-corrected chi connectivity index (χ0v) is 17.5. The van der Waals surface area contributed by atoms with E-state index in [-0.39, 0.29) is 16.7 Å². The Hall–Kier alpha value is -1.67. The summed E-state index contributed by atoms with van der Waals surface area (Å²) < 4.78 is 26.6. The number of hydrogen-bond acceptors (Lipinski definition) is 4. The van der Waals surface area contributed by atoms with Crippen LogP contribution in [0.15, 0.2) is 47.6 Å². The third-order valence-electron chi connectivity index (χ3n) is 4.82. The summed E-state index contributed by atoms with van der Waals surface area (Å²) in [6, 6.07) is 8.55. The predicted molar refractivity (Wildman–Crippen MR) is 109 cm³/mol. The van der Waals surface area contributed by atoms with Gasteiger partial charge in [0.15, 0.2) is 0 Å². The molecule has 150 valence electrons. The maximum absolute atomic E-state index is 12.6. The average molecular weight is 442 g/mol. The highest BCUT2D eigenvalue weighted by molar-refractivity contribution is 7.89. The molecule has 0 saturated carbocycles. The van der Waals surface area contributed by atoms with E-state index in [0.717, 1.165) is 5.56 Å². The van der Waals surface area contributed by atoms with Gasteiger partial charge in [0.2, 0.25) is 15.9 Å². The Balaban J connectivity index is 1.49. The fraction of sp³-hybridized carbons (Fsp3) is 0.368. The molecule has 0 aliphatic carbocycles. The quantitative estimate of drug-likeness (QED) is 0.746. The predicted octanol–water partition coefficient (Wildman–Crippen LogP) is 3.15. The Morgan fingerprint density at radius 3 is 2.61 bits per heavy atom. The number of hydrogen-bond donors (Lipinski definition) is 1. The molecule has 1 aromatic heterocycles. The number of pyridine rings is 1. The first-order valence-electron chi connectivity index (χ1n) is 9.00. The Kier molecular flexibility index (Phi) is 6.93. The van der Waals surface area contributed by atoms with Gasteiger partial charge in [0.1, 0.15) is 4.90 Å². The lowest BCUT2D eigenvalue weighted by atomic mass is 9.97. The number of carbonyl (C=O) groups is 1. The van der Waals surface area contributed by atoms with Crippen molar-refractivity contribution in [3.63, 3.8) is 0 Å². The molecule has 1 aliphatic rings. The number of amides is 1. The molecule has 0 spiro atoms. The van der Waals surface area contributed by atoms with E-state index in [2.05, 4.69) is 10.3 Å². The van der Waals surface area contributed by atoms with Crippen LogP contribution < -0.4 is 5.32 Å². The molecular weight excluding hydrogens is 421 g/mol. The van der Waals surface area contributed by atoms with Crippen LogP contribution >= 0.6 is 23.2 Å². The van der Waals surface area contributed by atoms with Gasteiger partial charge in [0.05, 0.1) is 10.0 Å². The number of sulfonamides is 1. The maximum atomic E-state index is 12.6. The minimum absolute atomic E-state index is 0.0587. The van der Waals surface area contributed by atoms with E-state index in [1.807, 2.05) is 12.1 Å². The summed E-state index contributed by atoms with van der Waals surface area (Å²) in [5.41, 5.74) is 0.881. The van der Waals surface area contributed by atoms with E-state index in [0.29, 0.717) is 48.9 Å². The third-order valence-corrected chi connectivity index (χ3v) is 7.56. The second-order valence-corrected chi connectivity index (χ2v) is 9.34. The van der Waals surface area contributed by atoms with Gasteiger partial charge < -0.3 is 5.32 Å². The van der Waals surface area contributed by atoms with Crippen LogP contribution in [0, 0.1) is 5.92 Å². The van der Waals surface area contributed by atoms with Crippen LogP contribution in [0.2, 0.25) is 10.0 Å². The van der Waals surface area contributed by atoms with E-state index in [1.54, 1.807) is 12.1 Å². The molecule has 0 radical (unpaired) electrons. The highest BCUT2D eigenvalue weighted by atomic mass is 35.5. The molecule has 0 unspecified atom stereocenters. The Morgan fingerprint density at radius 1 is 1.18 bits per heavy atom. The maximum Gasteiger partial charge on any atom is 0.244 e. The summed E-state index contributed by atoms with van der Waals surface area (Å²) in [5.74, 6) is -0.258. The number of halogens is 2. The highest BCUT2D eigenvalue weighted by Crippen LogP contribution is 2.26. The highest BCUT2D eigenvalue weighted by Gasteiger charge is 2.32. The van der Waals surface area contributed by atoms with Crippen molar-refractivity contribution in [2.24, 2.45) is 5.92 Å². The molecule has 2 aromatic rings. The number of piperidine rings is 1. The van der Waals surface area contributed by atoms with Gasteiger partial charge >= 0.3 is 0 Å². The van der Waals surface area contributed by atoms with Gasteiger partial charge in [-0.25, -0.2) is 8.42 Å². The Morgan fingerprint density at radius 2 is 1.93 bits per heavy atom. The number of nitrogens with one attached hydrogen (secondary N) is 1. The van der Waals surface area contributed by atoms with Crippen molar-refractivity contribution in [1.29, 1.82) is 0 Å². The molecule has 0 bridgehead atoms. The molecule has 28 heavy (non-hydrogen) atoms. The van der Waals surface area contributed by atoms with E-state index >= 15 is 0 Å².